The number of hydrogen-bond acceptors (Lipinski definition) is 2. The second-order valence-electron chi connectivity index (χ2n) is 6.17. The molecule has 3 rings (SSSR count). The standard InChI is InChI=1S/C13H25NO/c1-10(2)12-7-13(8-12,9-12)14-5-6-15-11(3)4/h10-11,14H,5-9H2,1-4H3. The highest BCUT2D eigenvalue weighted by Crippen LogP contribution is 2.70. The quantitative estimate of drug-likeness (QED) is 0.682. The first-order chi connectivity index (χ1) is 6.98. The van der Waals surface area contributed by atoms with Crippen molar-refractivity contribution in [3.05, 3.63) is 0 Å². The highest BCUT2D eigenvalue weighted by Gasteiger charge is 2.68. The van der Waals surface area contributed by atoms with Crippen LogP contribution in [0.3, 0.4) is 0 Å². The van der Waals surface area contributed by atoms with Gasteiger partial charge in [-0.05, 0) is 44.4 Å². The molecule has 0 aliphatic heterocycles. The molecule has 0 saturated heterocycles. The minimum absolute atomic E-state index is 0.363. The fraction of sp³-hybridized carbons (Fsp3) is 1.00. The van der Waals surface area contributed by atoms with Crippen LogP contribution in [0.15, 0.2) is 0 Å². The van der Waals surface area contributed by atoms with E-state index in [0.717, 1.165) is 19.1 Å². The lowest BCUT2D eigenvalue weighted by molar-refractivity contribution is -0.184. The second kappa shape index (κ2) is 3.74. The predicted octanol–water partition coefficient (Wildman–Crippen LogP) is 2.58. The van der Waals surface area contributed by atoms with Crippen LogP contribution in [0.25, 0.3) is 0 Å². The van der Waals surface area contributed by atoms with E-state index in [1.807, 2.05) is 0 Å². The predicted molar refractivity (Wildman–Crippen MR) is 62.9 cm³/mol. The third-order valence-corrected chi connectivity index (χ3v) is 4.35. The number of nitrogens with one attached hydrogen (secondary N) is 1. The van der Waals surface area contributed by atoms with Crippen molar-refractivity contribution >= 4 is 0 Å². The number of ether oxygens (including phenoxy) is 1. The Labute approximate surface area is 93.8 Å². The zero-order valence-corrected chi connectivity index (χ0v) is 10.6. The van der Waals surface area contributed by atoms with Crippen LogP contribution < -0.4 is 5.32 Å². The maximum Gasteiger partial charge on any atom is 0.0594 e. The van der Waals surface area contributed by atoms with E-state index < -0.39 is 0 Å². The van der Waals surface area contributed by atoms with Gasteiger partial charge in [0.15, 0.2) is 0 Å². The van der Waals surface area contributed by atoms with E-state index in [1.165, 1.54) is 19.3 Å². The van der Waals surface area contributed by atoms with Gasteiger partial charge in [0, 0.05) is 12.1 Å². The lowest BCUT2D eigenvalue weighted by Crippen LogP contribution is -2.75. The van der Waals surface area contributed by atoms with Crippen LogP contribution in [0.1, 0.15) is 47.0 Å². The molecule has 2 bridgehead atoms. The fourth-order valence-corrected chi connectivity index (χ4v) is 3.28. The van der Waals surface area contributed by atoms with Gasteiger partial charge < -0.3 is 10.1 Å². The van der Waals surface area contributed by atoms with Gasteiger partial charge in [-0.25, -0.2) is 0 Å². The first-order valence-corrected chi connectivity index (χ1v) is 6.35. The van der Waals surface area contributed by atoms with Gasteiger partial charge >= 0.3 is 0 Å². The van der Waals surface area contributed by atoms with E-state index in [2.05, 4.69) is 33.0 Å². The summed E-state index contributed by atoms with van der Waals surface area (Å²) in [6, 6.07) is 0. The molecule has 3 fully saturated rings. The molecule has 1 N–H and O–H groups in total. The summed E-state index contributed by atoms with van der Waals surface area (Å²) < 4.78 is 5.53. The van der Waals surface area contributed by atoms with E-state index in [0.29, 0.717) is 17.1 Å². The highest BCUT2D eigenvalue weighted by molar-refractivity contribution is 5.23. The zero-order valence-electron chi connectivity index (χ0n) is 10.6. The van der Waals surface area contributed by atoms with E-state index in [9.17, 15) is 0 Å². The molecule has 88 valence electrons. The summed E-state index contributed by atoms with van der Waals surface area (Å²) in [7, 11) is 0. The molecule has 0 amide bonds. The van der Waals surface area contributed by atoms with Crippen molar-refractivity contribution in [1.82, 2.24) is 5.32 Å². The van der Waals surface area contributed by atoms with E-state index in [-0.39, 0.29) is 0 Å². The average molecular weight is 211 g/mol. The molecular formula is C13H25NO. The van der Waals surface area contributed by atoms with E-state index in [4.69, 9.17) is 4.74 Å². The molecule has 0 radical (unpaired) electrons. The second-order valence-corrected chi connectivity index (χ2v) is 6.17. The van der Waals surface area contributed by atoms with Gasteiger partial charge in [-0.3, -0.25) is 0 Å². The molecule has 0 aromatic rings. The van der Waals surface area contributed by atoms with Gasteiger partial charge in [-0.2, -0.15) is 0 Å². The summed E-state index contributed by atoms with van der Waals surface area (Å²) in [5.74, 6) is 0.869. The molecule has 0 atom stereocenters. The summed E-state index contributed by atoms with van der Waals surface area (Å²) in [6.45, 7) is 10.8. The Balaban J connectivity index is 1.61. The lowest BCUT2D eigenvalue weighted by Gasteiger charge is -2.73. The topological polar surface area (TPSA) is 21.3 Å². The Bertz CT molecular complexity index is 215. The Morgan fingerprint density at radius 3 is 2.20 bits per heavy atom. The van der Waals surface area contributed by atoms with Crippen molar-refractivity contribution in [2.75, 3.05) is 13.2 Å². The summed E-state index contributed by atoms with van der Waals surface area (Å²) >= 11 is 0. The summed E-state index contributed by atoms with van der Waals surface area (Å²) in [5, 5.41) is 3.67. The van der Waals surface area contributed by atoms with Crippen LogP contribution in [0, 0.1) is 11.3 Å². The normalized spacial score (nSPS) is 38.0. The number of rotatable bonds is 6. The van der Waals surface area contributed by atoms with Gasteiger partial charge in [0.1, 0.15) is 0 Å². The van der Waals surface area contributed by atoms with Crippen LogP contribution in [-0.4, -0.2) is 24.8 Å². The van der Waals surface area contributed by atoms with Gasteiger partial charge in [0.25, 0.3) is 0 Å². The molecule has 0 heterocycles. The average Bonchev–Trinajstić information content (AvgIpc) is 1.96. The van der Waals surface area contributed by atoms with Crippen LogP contribution in [0.5, 0.6) is 0 Å². The highest BCUT2D eigenvalue weighted by atomic mass is 16.5. The third kappa shape index (κ3) is 1.94. The molecule has 15 heavy (non-hydrogen) atoms. The van der Waals surface area contributed by atoms with Crippen molar-refractivity contribution in [3.63, 3.8) is 0 Å². The Hall–Kier alpha value is -0.0800. The van der Waals surface area contributed by atoms with Crippen molar-refractivity contribution in [3.8, 4) is 0 Å². The summed E-state index contributed by atoms with van der Waals surface area (Å²) in [6.07, 6.45) is 4.57. The fourth-order valence-electron chi connectivity index (χ4n) is 3.28. The molecule has 3 aliphatic carbocycles. The molecule has 0 aromatic carbocycles. The smallest absolute Gasteiger partial charge is 0.0594 e. The van der Waals surface area contributed by atoms with Crippen molar-refractivity contribution in [2.45, 2.75) is 58.6 Å². The summed E-state index contributed by atoms with van der Waals surface area (Å²) in [5.41, 5.74) is 1.23. The largest absolute Gasteiger partial charge is 0.377 e. The molecule has 0 aromatic heterocycles. The van der Waals surface area contributed by atoms with Crippen molar-refractivity contribution < 1.29 is 4.74 Å². The van der Waals surface area contributed by atoms with Crippen molar-refractivity contribution in [1.29, 1.82) is 0 Å². The van der Waals surface area contributed by atoms with Gasteiger partial charge in [-0.15, -0.1) is 0 Å². The Morgan fingerprint density at radius 1 is 1.13 bits per heavy atom. The molecule has 3 saturated carbocycles. The third-order valence-electron chi connectivity index (χ3n) is 4.35. The minimum Gasteiger partial charge on any atom is -0.377 e. The molecular weight excluding hydrogens is 186 g/mol. The van der Waals surface area contributed by atoms with Gasteiger partial charge in [-0.1, -0.05) is 13.8 Å². The van der Waals surface area contributed by atoms with Gasteiger partial charge in [0.05, 0.1) is 12.7 Å². The first-order valence-electron chi connectivity index (χ1n) is 6.35. The lowest BCUT2D eigenvalue weighted by atomic mass is 9.36. The van der Waals surface area contributed by atoms with Crippen LogP contribution in [0.2, 0.25) is 0 Å². The van der Waals surface area contributed by atoms with E-state index >= 15 is 0 Å². The maximum atomic E-state index is 5.53. The Kier molecular flexibility index (Phi) is 2.85. The van der Waals surface area contributed by atoms with Crippen LogP contribution in [-0.2, 0) is 4.74 Å². The summed E-state index contributed by atoms with van der Waals surface area (Å²) in [4.78, 5) is 0. The minimum atomic E-state index is 0.363. The maximum absolute atomic E-state index is 5.53. The molecule has 0 spiro atoms. The number of hydrogen-bond donors (Lipinski definition) is 1. The first kappa shape index (κ1) is 11.4. The van der Waals surface area contributed by atoms with Gasteiger partial charge in [0.2, 0.25) is 0 Å². The van der Waals surface area contributed by atoms with Crippen molar-refractivity contribution in [2.24, 2.45) is 11.3 Å². The molecule has 0 unspecified atom stereocenters. The van der Waals surface area contributed by atoms with Crippen LogP contribution >= 0.6 is 0 Å². The SMILES string of the molecule is CC(C)OCCNC12CC(C(C)C)(C1)C2. The van der Waals surface area contributed by atoms with Crippen LogP contribution in [0.4, 0.5) is 0 Å². The molecule has 2 heteroatoms. The Morgan fingerprint density at radius 2 is 1.73 bits per heavy atom. The van der Waals surface area contributed by atoms with E-state index in [1.54, 1.807) is 0 Å². The zero-order chi connectivity index (χ0) is 11.1. The molecule has 3 aliphatic rings. The monoisotopic (exact) mass is 211 g/mol. The molecule has 2 nitrogen and oxygen atoms in total.